The van der Waals surface area contributed by atoms with Crippen LogP contribution >= 0.6 is 0 Å². The number of hydrogen-bond donors (Lipinski definition) is 2. The summed E-state index contributed by atoms with van der Waals surface area (Å²) in [7, 11) is 0. The van der Waals surface area contributed by atoms with Crippen molar-refractivity contribution in [3.8, 4) is 0 Å². The smallest absolute Gasteiger partial charge is 0.0949 e. The molecule has 2 unspecified atom stereocenters. The Balaban J connectivity index is 0.000000160. The van der Waals surface area contributed by atoms with Crippen molar-refractivity contribution in [2.75, 3.05) is 13.1 Å². The predicted octanol–water partition coefficient (Wildman–Crippen LogP) is 4.79. The molecular formula is C29H38N6. The van der Waals surface area contributed by atoms with E-state index < -0.39 is 0 Å². The summed E-state index contributed by atoms with van der Waals surface area (Å²) in [5.74, 6) is 1.10. The van der Waals surface area contributed by atoms with Gasteiger partial charge >= 0.3 is 0 Å². The summed E-state index contributed by atoms with van der Waals surface area (Å²) in [6, 6.07) is 17.4. The van der Waals surface area contributed by atoms with E-state index >= 15 is 0 Å². The quantitative estimate of drug-likeness (QED) is 0.450. The van der Waals surface area contributed by atoms with Gasteiger partial charge in [-0.1, -0.05) is 56.0 Å². The zero-order valence-electron chi connectivity index (χ0n) is 20.1. The first-order valence-electron chi connectivity index (χ1n) is 12.2. The molecule has 4 aromatic rings. The standard InChI is InChI=1S/2C14H17N3.CH4/c1-11-8-17(10-16-11)9-13-7-15-6-12-4-2-3-5-14(12)13;1-11-6-16-10-17(11)9-13-8-15-7-12-4-2-3-5-14(12)13;/h2-5,8,10,13,15H,6-7,9H2,1H3;2-6,10,13,15H,7-9H2,1H3;1H4. The van der Waals surface area contributed by atoms with Gasteiger partial charge in [0.1, 0.15) is 0 Å². The van der Waals surface area contributed by atoms with Crippen molar-refractivity contribution in [2.45, 2.75) is 59.3 Å². The molecule has 2 aliphatic rings. The van der Waals surface area contributed by atoms with Crippen LogP contribution in [-0.4, -0.2) is 32.2 Å². The fourth-order valence-electron chi connectivity index (χ4n) is 5.14. The van der Waals surface area contributed by atoms with E-state index in [0.29, 0.717) is 11.8 Å². The number of fused-ring (bicyclic) bond motifs is 2. The van der Waals surface area contributed by atoms with Crippen LogP contribution in [0.5, 0.6) is 0 Å². The first-order valence-corrected chi connectivity index (χ1v) is 12.2. The lowest BCUT2D eigenvalue weighted by atomic mass is 9.91. The fraction of sp³-hybridized carbons (Fsp3) is 0.379. The minimum Gasteiger partial charge on any atom is -0.337 e. The topological polar surface area (TPSA) is 59.7 Å². The lowest BCUT2D eigenvalue weighted by molar-refractivity contribution is 0.477. The van der Waals surface area contributed by atoms with E-state index in [1.165, 1.54) is 27.9 Å². The van der Waals surface area contributed by atoms with Crippen LogP contribution in [0.4, 0.5) is 0 Å². The largest absolute Gasteiger partial charge is 0.337 e. The summed E-state index contributed by atoms with van der Waals surface area (Å²) in [5.41, 5.74) is 8.15. The number of hydrogen-bond acceptors (Lipinski definition) is 4. The van der Waals surface area contributed by atoms with E-state index in [0.717, 1.165) is 45.0 Å². The van der Waals surface area contributed by atoms with E-state index in [2.05, 4.69) is 91.4 Å². The molecule has 0 aliphatic carbocycles. The molecule has 35 heavy (non-hydrogen) atoms. The molecule has 0 radical (unpaired) electrons. The highest BCUT2D eigenvalue weighted by molar-refractivity contribution is 5.33. The normalized spacial score (nSPS) is 18.5. The Morgan fingerprint density at radius 2 is 1.43 bits per heavy atom. The highest BCUT2D eigenvalue weighted by Crippen LogP contribution is 2.26. The van der Waals surface area contributed by atoms with Crippen molar-refractivity contribution < 1.29 is 0 Å². The summed E-state index contributed by atoms with van der Waals surface area (Å²) in [6.07, 6.45) is 7.87. The number of rotatable bonds is 4. The van der Waals surface area contributed by atoms with Crippen LogP contribution in [0.3, 0.4) is 0 Å². The predicted molar refractivity (Wildman–Crippen MR) is 142 cm³/mol. The Bertz CT molecular complexity index is 1220. The average molecular weight is 471 g/mol. The maximum absolute atomic E-state index is 4.28. The second-order valence-corrected chi connectivity index (χ2v) is 9.45. The van der Waals surface area contributed by atoms with Gasteiger partial charge in [0.15, 0.2) is 0 Å². The van der Waals surface area contributed by atoms with Gasteiger partial charge in [0.05, 0.1) is 18.3 Å². The van der Waals surface area contributed by atoms with Gasteiger partial charge in [-0.15, -0.1) is 0 Å². The van der Waals surface area contributed by atoms with Crippen molar-refractivity contribution >= 4 is 0 Å². The van der Waals surface area contributed by atoms with Crippen molar-refractivity contribution in [2.24, 2.45) is 0 Å². The highest BCUT2D eigenvalue weighted by Gasteiger charge is 2.20. The van der Waals surface area contributed by atoms with Gasteiger partial charge in [-0.05, 0) is 36.1 Å². The summed E-state index contributed by atoms with van der Waals surface area (Å²) >= 11 is 0. The number of benzene rings is 2. The average Bonchev–Trinajstić information content (AvgIpc) is 3.47. The van der Waals surface area contributed by atoms with E-state index in [1.54, 1.807) is 0 Å². The maximum atomic E-state index is 4.28. The van der Waals surface area contributed by atoms with Crippen molar-refractivity contribution in [1.29, 1.82) is 0 Å². The molecule has 0 spiro atoms. The van der Waals surface area contributed by atoms with Gasteiger partial charge in [0, 0.05) is 69.2 Å². The summed E-state index contributed by atoms with van der Waals surface area (Å²) < 4.78 is 4.41. The molecule has 6 nitrogen and oxygen atoms in total. The molecule has 4 heterocycles. The zero-order valence-corrected chi connectivity index (χ0v) is 20.1. The first kappa shape index (κ1) is 24.9. The fourth-order valence-corrected chi connectivity index (χ4v) is 5.14. The van der Waals surface area contributed by atoms with Crippen LogP contribution in [-0.2, 0) is 26.2 Å². The minimum absolute atomic E-state index is 0. The number of nitrogens with zero attached hydrogens (tertiary/aromatic N) is 4. The first-order chi connectivity index (χ1) is 16.7. The van der Waals surface area contributed by atoms with E-state index in [1.807, 2.05) is 25.8 Å². The monoisotopic (exact) mass is 470 g/mol. The van der Waals surface area contributed by atoms with Crippen LogP contribution in [0.1, 0.15) is 52.9 Å². The maximum Gasteiger partial charge on any atom is 0.0949 e. The van der Waals surface area contributed by atoms with Gasteiger partial charge in [-0.2, -0.15) is 0 Å². The molecule has 0 saturated carbocycles. The number of aromatic nitrogens is 4. The molecule has 2 atom stereocenters. The Morgan fingerprint density at radius 3 is 1.97 bits per heavy atom. The lowest BCUT2D eigenvalue weighted by Crippen LogP contribution is -2.30. The van der Waals surface area contributed by atoms with Crippen molar-refractivity contribution in [3.63, 3.8) is 0 Å². The molecule has 0 amide bonds. The second-order valence-electron chi connectivity index (χ2n) is 9.45. The molecular weight excluding hydrogens is 432 g/mol. The van der Waals surface area contributed by atoms with E-state index in [4.69, 9.17) is 0 Å². The molecule has 0 fully saturated rings. The molecule has 2 aromatic heterocycles. The van der Waals surface area contributed by atoms with Crippen LogP contribution in [0.25, 0.3) is 0 Å². The van der Waals surface area contributed by atoms with Gasteiger partial charge in [0.25, 0.3) is 0 Å². The Kier molecular flexibility index (Phi) is 8.16. The summed E-state index contributed by atoms with van der Waals surface area (Å²) in [6.45, 7) is 10.2. The van der Waals surface area contributed by atoms with E-state index in [9.17, 15) is 0 Å². The third-order valence-corrected chi connectivity index (χ3v) is 6.93. The van der Waals surface area contributed by atoms with Gasteiger partial charge in [0.2, 0.25) is 0 Å². The minimum atomic E-state index is 0. The Hall–Kier alpha value is -3.22. The van der Waals surface area contributed by atoms with Gasteiger partial charge in [-0.3, -0.25) is 0 Å². The van der Waals surface area contributed by atoms with Crippen LogP contribution in [0.2, 0.25) is 0 Å². The third-order valence-electron chi connectivity index (χ3n) is 6.93. The second kappa shape index (κ2) is 11.5. The zero-order chi connectivity index (χ0) is 23.3. The van der Waals surface area contributed by atoms with Gasteiger partial charge < -0.3 is 19.8 Å². The number of imidazole rings is 2. The SMILES string of the molecule is C.Cc1cn(CC2CNCc3ccccc32)cn1.Cc1cncn1CC1CNCc2ccccc21. The molecule has 2 N–H and O–H groups in total. The Morgan fingerprint density at radius 1 is 0.829 bits per heavy atom. The molecule has 0 bridgehead atoms. The van der Waals surface area contributed by atoms with E-state index in [-0.39, 0.29) is 7.43 Å². The third kappa shape index (κ3) is 5.89. The highest BCUT2D eigenvalue weighted by atomic mass is 15.1. The molecule has 6 rings (SSSR count). The van der Waals surface area contributed by atoms with Crippen molar-refractivity contribution in [1.82, 2.24) is 29.7 Å². The molecule has 2 aromatic carbocycles. The molecule has 6 heteroatoms. The molecule has 0 saturated heterocycles. The Labute approximate surface area is 209 Å². The molecule has 184 valence electrons. The van der Waals surface area contributed by atoms with Crippen LogP contribution in [0, 0.1) is 13.8 Å². The lowest BCUT2D eigenvalue weighted by Gasteiger charge is -2.27. The van der Waals surface area contributed by atoms with Gasteiger partial charge in [-0.25, -0.2) is 9.97 Å². The van der Waals surface area contributed by atoms with Crippen molar-refractivity contribution in [3.05, 3.63) is 107 Å². The summed E-state index contributed by atoms with van der Waals surface area (Å²) in [5, 5.41) is 6.97. The summed E-state index contributed by atoms with van der Waals surface area (Å²) in [4.78, 5) is 8.47. The van der Waals surface area contributed by atoms with Crippen LogP contribution in [0.15, 0.2) is 73.6 Å². The number of aryl methyl sites for hydroxylation is 2. The molecule has 2 aliphatic heterocycles. The van der Waals surface area contributed by atoms with Crippen LogP contribution < -0.4 is 10.6 Å². The number of nitrogens with one attached hydrogen (secondary N) is 2.